The van der Waals surface area contributed by atoms with Crippen molar-refractivity contribution >= 4 is 11.9 Å². The van der Waals surface area contributed by atoms with E-state index in [9.17, 15) is 9.59 Å². The molecule has 0 radical (unpaired) electrons. The van der Waals surface area contributed by atoms with Crippen molar-refractivity contribution in [3.63, 3.8) is 0 Å². The van der Waals surface area contributed by atoms with Gasteiger partial charge in [0.25, 0.3) is 0 Å². The third-order valence-corrected chi connectivity index (χ3v) is 2.40. The predicted molar refractivity (Wildman–Crippen MR) is 56.2 cm³/mol. The van der Waals surface area contributed by atoms with Gasteiger partial charge in [0.15, 0.2) is 0 Å². The number of hydrogen-bond acceptors (Lipinski definition) is 4. The zero-order valence-electron chi connectivity index (χ0n) is 10.1. The quantitative estimate of drug-likeness (QED) is 0.672. The Morgan fingerprint density at radius 2 is 1.67 bits per heavy atom. The second-order valence-corrected chi connectivity index (χ2v) is 4.56. The number of carbonyl (C=O) groups is 2. The summed E-state index contributed by atoms with van der Waals surface area (Å²) < 4.78 is 9.25. The predicted octanol–water partition coefficient (Wildman–Crippen LogP) is 1.77. The van der Waals surface area contributed by atoms with E-state index in [0.717, 1.165) is 0 Å². The monoisotopic (exact) mass is 216 g/mol. The van der Waals surface area contributed by atoms with Gasteiger partial charge in [-0.05, 0) is 11.8 Å². The van der Waals surface area contributed by atoms with Crippen LogP contribution in [0.3, 0.4) is 0 Å². The van der Waals surface area contributed by atoms with Crippen LogP contribution in [-0.2, 0) is 19.1 Å². The molecule has 4 heteroatoms. The van der Waals surface area contributed by atoms with E-state index in [0.29, 0.717) is 6.42 Å². The lowest BCUT2D eigenvalue weighted by Crippen LogP contribution is -2.30. The van der Waals surface area contributed by atoms with Crippen LogP contribution < -0.4 is 0 Å². The van der Waals surface area contributed by atoms with Crippen LogP contribution in [0.5, 0.6) is 0 Å². The van der Waals surface area contributed by atoms with Crippen molar-refractivity contribution in [2.75, 3.05) is 14.2 Å². The van der Waals surface area contributed by atoms with Gasteiger partial charge in [0.1, 0.15) is 0 Å². The smallest absolute Gasteiger partial charge is 0.309 e. The number of rotatable bonds is 4. The fourth-order valence-corrected chi connectivity index (χ4v) is 1.41. The van der Waals surface area contributed by atoms with E-state index in [1.54, 1.807) is 0 Å². The molecule has 0 aliphatic rings. The van der Waals surface area contributed by atoms with Crippen LogP contribution in [0.4, 0.5) is 0 Å². The van der Waals surface area contributed by atoms with Gasteiger partial charge in [-0.1, -0.05) is 20.8 Å². The number of methoxy groups -OCH3 is 2. The molecule has 1 unspecified atom stereocenters. The third kappa shape index (κ3) is 4.81. The summed E-state index contributed by atoms with van der Waals surface area (Å²) >= 11 is 0. The molecule has 15 heavy (non-hydrogen) atoms. The van der Waals surface area contributed by atoms with Crippen molar-refractivity contribution in [2.45, 2.75) is 33.6 Å². The lowest BCUT2D eigenvalue weighted by molar-refractivity contribution is -0.150. The van der Waals surface area contributed by atoms with E-state index in [4.69, 9.17) is 4.74 Å². The Kier molecular flexibility index (Phi) is 5.33. The Morgan fingerprint density at radius 1 is 1.13 bits per heavy atom. The summed E-state index contributed by atoms with van der Waals surface area (Å²) in [5, 5.41) is 0. The Morgan fingerprint density at radius 3 is 2.00 bits per heavy atom. The van der Waals surface area contributed by atoms with E-state index in [-0.39, 0.29) is 29.7 Å². The van der Waals surface area contributed by atoms with E-state index >= 15 is 0 Å². The molecule has 0 fully saturated rings. The molecule has 0 spiro atoms. The van der Waals surface area contributed by atoms with Gasteiger partial charge in [-0.25, -0.2) is 0 Å². The van der Waals surface area contributed by atoms with Crippen molar-refractivity contribution in [3.05, 3.63) is 0 Å². The zero-order chi connectivity index (χ0) is 12.1. The highest BCUT2D eigenvalue weighted by atomic mass is 16.5. The van der Waals surface area contributed by atoms with Gasteiger partial charge in [-0.2, -0.15) is 0 Å². The van der Waals surface area contributed by atoms with Gasteiger partial charge in [-0.15, -0.1) is 0 Å². The highest BCUT2D eigenvalue weighted by Gasteiger charge is 2.32. The van der Waals surface area contributed by atoms with Crippen molar-refractivity contribution in [1.82, 2.24) is 0 Å². The number of ether oxygens (including phenoxy) is 2. The van der Waals surface area contributed by atoms with Crippen LogP contribution in [0.1, 0.15) is 33.6 Å². The molecular formula is C11H20O4. The van der Waals surface area contributed by atoms with E-state index in [1.165, 1.54) is 14.2 Å². The lowest BCUT2D eigenvalue weighted by Gasteiger charge is -2.27. The van der Waals surface area contributed by atoms with Gasteiger partial charge in [-0.3, -0.25) is 9.59 Å². The molecule has 0 aromatic rings. The van der Waals surface area contributed by atoms with Crippen LogP contribution in [0, 0.1) is 11.3 Å². The SMILES string of the molecule is COC(=O)CCC(C(=O)OC)C(C)(C)C. The fourth-order valence-electron chi connectivity index (χ4n) is 1.41. The fraction of sp³-hybridized carbons (Fsp3) is 0.818. The Balaban J connectivity index is 4.40. The van der Waals surface area contributed by atoms with Crippen molar-refractivity contribution in [3.8, 4) is 0 Å². The minimum absolute atomic E-state index is 0.207. The molecule has 0 aliphatic heterocycles. The average Bonchev–Trinajstić information content (AvgIpc) is 2.15. The standard InChI is InChI=1S/C11H20O4/c1-11(2,3)8(10(13)15-5)6-7-9(12)14-4/h8H,6-7H2,1-5H3. The maximum absolute atomic E-state index is 11.5. The first kappa shape index (κ1) is 13.9. The summed E-state index contributed by atoms with van der Waals surface area (Å²) in [4.78, 5) is 22.5. The number of esters is 2. The molecule has 0 aromatic carbocycles. The maximum Gasteiger partial charge on any atom is 0.309 e. The first-order chi connectivity index (χ1) is 6.82. The summed E-state index contributed by atoms with van der Waals surface area (Å²) in [5.74, 6) is -0.846. The third-order valence-electron chi connectivity index (χ3n) is 2.40. The Bertz CT molecular complexity index is 227. The minimum Gasteiger partial charge on any atom is -0.469 e. The van der Waals surface area contributed by atoms with E-state index in [1.807, 2.05) is 20.8 Å². The number of hydrogen-bond donors (Lipinski definition) is 0. The Hall–Kier alpha value is -1.06. The van der Waals surface area contributed by atoms with Gasteiger partial charge >= 0.3 is 11.9 Å². The topological polar surface area (TPSA) is 52.6 Å². The summed E-state index contributed by atoms with van der Waals surface area (Å²) in [6.07, 6.45) is 0.705. The summed E-state index contributed by atoms with van der Waals surface area (Å²) in [7, 11) is 2.70. The second kappa shape index (κ2) is 5.73. The van der Waals surface area contributed by atoms with Gasteiger partial charge in [0, 0.05) is 6.42 Å². The average molecular weight is 216 g/mol. The molecule has 4 nitrogen and oxygen atoms in total. The first-order valence-corrected chi connectivity index (χ1v) is 4.97. The summed E-state index contributed by atoms with van der Waals surface area (Å²) in [6.45, 7) is 5.85. The minimum atomic E-state index is -0.298. The molecule has 0 heterocycles. The summed E-state index contributed by atoms with van der Waals surface area (Å²) in [6, 6.07) is 0. The molecule has 0 rings (SSSR count). The van der Waals surface area contributed by atoms with Crippen LogP contribution >= 0.6 is 0 Å². The molecule has 0 saturated heterocycles. The molecule has 0 saturated carbocycles. The molecule has 0 aliphatic carbocycles. The molecule has 0 amide bonds. The van der Waals surface area contributed by atoms with Crippen LogP contribution in [0.2, 0.25) is 0 Å². The van der Waals surface area contributed by atoms with Gasteiger partial charge < -0.3 is 9.47 Å². The van der Waals surface area contributed by atoms with Crippen LogP contribution in [0.25, 0.3) is 0 Å². The zero-order valence-corrected chi connectivity index (χ0v) is 10.1. The molecule has 0 N–H and O–H groups in total. The Labute approximate surface area is 90.9 Å². The first-order valence-electron chi connectivity index (χ1n) is 4.97. The van der Waals surface area contributed by atoms with Gasteiger partial charge in [0.2, 0.25) is 0 Å². The molecule has 0 aromatic heterocycles. The largest absolute Gasteiger partial charge is 0.469 e. The van der Waals surface area contributed by atoms with Crippen molar-refractivity contribution < 1.29 is 19.1 Å². The van der Waals surface area contributed by atoms with Crippen molar-refractivity contribution in [1.29, 1.82) is 0 Å². The molecular weight excluding hydrogens is 196 g/mol. The summed E-state index contributed by atoms with van der Waals surface area (Å²) in [5.41, 5.74) is -0.207. The van der Waals surface area contributed by atoms with Gasteiger partial charge in [0.05, 0.1) is 20.1 Å². The molecule has 88 valence electrons. The second-order valence-electron chi connectivity index (χ2n) is 4.56. The highest BCUT2D eigenvalue weighted by Crippen LogP contribution is 2.30. The molecule has 1 atom stereocenters. The number of carbonyl (C=O) groups excluding carboxylic acids is 2. The van der Waals surface area contributed by atoms with E-state index < -0.39 is 0 Å². The van der Waals surface area contributed by atoms with E-state index in [2.05, 4.69) is 4.74 Å². The maximum atomic E-state index is 11.5. The normalized spacial score (nSPS) is 13.1. The molecule has 0 bridgehead atoms. The van der Waals surface area contributed by atoms with Crippen LogP contribution in [-0.4, -0.2) is 26.2 Å². The lowest BCUT2D eigenvalue weighted by atomic mass is 9.78. The van der Waals surface area contributed by atoms with Crippen LogP contribution in [0.15, 0.2) is 0 Å². The van der Waals surface area contributed by atoms with Crippen molar-refractivity contribution in [2.24, 2.45) is 11.3 Å². The highest BCUT2D eigenvalue weighted by molar-refractivity contribution is 5.75.